The van der Waals surface area contributed by atoms with Gasteiger partial charge in [-0.3, -0.25) is 4.79 Å². The first kappa shape index (κ1) is 21.9. The lowest BCUT2D eigenvalue weighted by atomic mass is 10.2. The standard InChI is InChI=1S/C20H22Cl2N6O2/c1-30-9-6-23-20-26-17(11-18(27-20)28-7-2-3-8-28)24-13-19(29)25-12-14-4-5-15(21)10-16(14)22/h2-5,7-8,10-11H,6,9,12-13H2,1H3,(H,25,29)(H2,23,24,26,27). The van der Waals surface area contributed by atoms with Crippen molar-refractivity contribution in [1.82, 2.24) is 19.9 Å². The molecule has 0 saturated heterocycles. The minimum atomic E-state index is -0.198. The van der Waals surface area contributed by atoms with Crippen molar-refractivity contribution in [2.45, 2.75) is 6.54 Å². The molecule has 3 aromatic rings. The zero-order chi connectivity index (χ0) is 21.3. The number of aromatic nitrogens is 3. The highest BCUT2D eigenvalue weighted by Crippen LogP contribution is 2.20. The van der Waals surface area contributed by atoms with Gasteiger partial charge in [0, 0.05) is 48.7 Å². The van der Waals surface area contributed by atoms with E-state index in [2.05, 4.69) is 25.9 Å². The summed E-state index contributed by atoms with van der Waals surface area (Å²) in [7, 11) is 1.63. The highest BCUT2D eigenvalue weighted by molar-refractivity contribution is 6.35. The lowest BCUT2D eigenvalue weighted by Crippen LogP contribution is -2.29. The highest BCUT2D eigenvalue weighted by Gasteiger charge is 2.09. The van der Waals surface area contributed by atoms with Gasteiger partial charge in [-0.05, 0) is 29.8 Å². The number of anilines is 2. The second-order valence-corrected chi connectivity index (χ2v) is 7.15. The zero-order valence-electron chi connectivity index (χ0n) is 16.4. The topological polar surface area (TPSA) is 93.1 Å². The second-order valence-electron chi connectivity index (χ2n) is 6.31. The Morgan fingerprint density at radius 1 is 1.13 bits per heavy atom. The number of amides is 1. The van der Waals surface area contributed by atoms with E-state index in [0.717, 1.165) is 5.56 Å². The first-order valence-corrected chi connectivity index (χ1v) is 10.0. The molecule has 0 fully saturated rings. The van der Waals surface area contributed by atoms with Crippen LogP contribution in [0.15, 0.2) is 48.8 Å². The van der Waals surface area contributed by atoms with Crippen LogP contribution in [0.3, 0.4) is 0 Å². The van der Waals surface area contributed by atoms with E-state index in [0.29, 0.717) is 47.3 Å². The maximum absolute atomic E-state index is 12.3. The maximum atomic E-state index is 12.3. The molecule has 0 spiro atoms. The van der Waals surface area contributed by atoms with Gasteiger partial charge in [-0.2, -0.15) is 9.97 Å². The van der Waals surface area contributed by atoms with Crippen LogP contribution < -0.4 is 16.0 Å². The first-order valence-electron chi connectivity index (χ1n) is 9.25. The van der Waals surface area contributed by atoms with Crippen LogP contribution in [0, 0.1) is 0 Å². The minimum absolute atomic E-state index is 0.0465. The van der Waals surface area contributed by atoms with Crippen molar-refractivity contribution < 1.29 is 9.53 Å². The molecular weight excluding hydrogens is 427 g/mol. The fraction of sp³-hybridized carbons (Fsp3) is 0.250. The van der Waals surface area contributed by atoms with E-state index in [1.54, 1.807) is 31.4 Å². The fourth-order valence-corrected chi connectivity index (χ4v) is 3.06. The van der Waals surface area contributed by atoms with Crippen LogP contribution in [0.2, 0.25) is 10.0 Å². The Kier molecular flexibility index (Phi) is 7.89. The van der Waals surface area contributed by atoms with E-state index in [9.17, 15) is 4.79 Å². The average Bonchev–Trinajstić information content (AvgIpc) is 3.27. The molecule has 3 rings (SSSR count). The van der Waals surface area contributed by atoms with Gasteiger partial charge >= 0.3 is 0 Å². The first-order chi connectivity index (χ1) is 14.5. The lowest BCUT2D eigenvalue weighted by Gasteiger charge is -2.12. The molecule has 2 aromatic heterocycles. The summed E-state index contributed by atoms with van der Waals surface area (Å²) in [6.45, 7) is 1.44. The molecule has 0 aliphatic carbocycles. The number of nitrogens with zero attached hydrogens (tertiary/aromatic N) is 3. The Labute approximate surface area is 184 Å². The third-order valence-electron chi connectivity index (χ3n) is 4.09. The lowest BCUT2D eigenvalue weighted by molar-refractivity contribution is -0.119. The van der Waals surface area contributed by atoms with Gasteiger partial charge in [0.15, 0.2) is 0 Å². The molecule has 0 radical (unpaired) electrons. The van der Waals surface area contributed by atoms with Gasteiger partial charge in [-0.15, -0.1) is 0 Å². The van der Waals surface area contributed by atoms with E-state index in [1.165, 1.54) is 0 Å². The molecule has 0 aliphatic rings. The molecule has 8 nitrogen and oxygen atoms in total. The van der Waals surface area contributed by atoms with Gasteiger partial charge in [0.05, 0.1) is 13.2 Å². The smallest absolute Gasteiger partial charge is 0.239 e. The number of halogens is 2. The normalized spacial score (nSPS) is 10.6. The molecule has 30 heavy (non-hydrogen) atoms. The largest absolute Gasteiger partial charge is 0.383 e. The van der Waals surface area contributed by atoms with Crippen LogP contribution in [0.1, 0.15) is 5.56 Å². The second kappa shape index (κ2) is 10.8. The monoisotopic (exact) mass is 448 g/mol. The van der Waals surface area contributed by atoms with E-state index in [-0.39, 0.29) is 12.5 Å². The molecule has 0 bridgehead atoms. The summed E-state index contributed by atoms with van der Waals surface area (Å²) >= 11 is 12.0. The van der Waals surface area contributed by atoms with Gasteiger partial charge in [0.2, 0.25) is 11.9 Å². The Bertz CT molecular complexity index is 981. The van der Waals surface area contributed by atoms with E-state index in [4.69, 9.17) is 27.9 Å². The molecule has 3 N–H and O–H groups in total. The maximum Gasteiger partial charge on any atom is 0.239 e. The fourth-order valence-electron chi connectivity index (χ4n) is 2.58. The van der Waals surface area contributed by atoms with Crippen molar-refractivity contribution in [2.24, 2.45) is 0 Å². The zero-order valence-corrected chi connectivity index (χ0v) is 17.9. The number of ether oxygens (including phenoxy) is 1. The van der Waals surface area contributed by atoms with Gasteiger partial charge in [0.25, 0.3) is 0 Å². The number of nitrogens with one attached hydrogen (secondary N) is 3. The van der Waals surface area contributed by atoms with Crippen molar-refractivity contribution in [3.63, 3.8) is 0 Å². The van der Waals surface area contributed by atoms with E-state index < -0.39 is 0 Å². The number of carbonyl (C=O) groups is 1. The Morgan fingerprint density at radius 3 is 2.67 bits per heavy atom. The van der Waals surface area contributed by atoms with E-state index >= 15 is 0 Å². The molecule has 10 heteroatoms. The average molecular weight is 449 g/mol. The number of benzene rings is 1. The molecule has 158 valence electrons. The summed E-state index contributed by atoms with van der Waals surface area (Å²) in [4.78, 5) is 21.2. The van der Waals surface area contributed by atoms with Crippen LogP contribution in [0.25, 0.3) is 5.82 Å². The van der Waals surface area contributed by atoms with Crippen molar-refractivity contribution in [3.8, 4) is 5.82 Å². The summed E-state index contributed by atoms with van der Waals surface area (Å²) in [5.74, 6) is 1.43. The molecule has 0 saturated carbocycles. The van der Waals surface area contributed by atoms with Crippen LogP contribution in [-0.2, 0) is 16.1 Å². The number of hydrogen-bond acceptors (Lipinski definition) is 6. The predicted molar refractivity (Wildman–Crippen MR) is 119 cm³/mol. The van der Waals surface area contributed by atoms with Gasteiger partial charge in [-0.1, -0.05) is 29.3 Å². The number of rotatable bonds is 10. The summed E-state index contributed by atoms with van der Waals surface area (Å²) in [5, 5.41) is 10.0. The predicted octanol–water partition coefficient (Wildman–Crippen LogP) is 3.36. The Morgan fingerprint density at radius 2 is 1.93 bits per heavy atom. The van der Waals surface area contributed by atoms with E-state index in [1.807, 2.05) is 29.1 Å². The van der Waals surface area contributed by atoms with Crippen molar-refractivity contribution in [2.75, 3.05) is 37.4 Å². The van der Waals surface area contributed by atoms with Crippen molar-refractivity contribution in [1.29, 1.82) is 0 Å². The highest BCUT2D eigenvalue weighted by atomic mass is 35.5. The van der Waals surface area contributed by atoms with Crippen molar-refractivity contribution in [3.05, 3.63) is 64.4 Å². The molecule has 0 unspecified atom stereocenters. The Balaban J connectivity index is 1.62. The van der Waals surface area contributed by atoms with Gasteiger partial charge < -0.3 is 25.3 Å². The number of carbonyl (C=O) groups excluding carboxylic acids is 1. The quantitative estimate of drug-likeness (QED) is 0.411. The SMILES string of the molecule is COCCNc1nc(NCC(=O)NCc2ccc(Cl)cc2Cl)cc(-n2cccc2)n1. The van der Waals surface area contributed by atoms with Gasteiger partial charge in [-0.25, -0.2) is 0 Å². The minimum Gasteiger partial charge on any atom is -0.383 e. The third-order valence-corrected chi connectivity index (χ3v) is 4.68. The van der Waals surface area contributed by atoms with Crippen LogP contribution >= 0.6 is 23.2 Å². The molecule has 1 amide bonds. The van der Waals surface area contributed by atoms with Crippen LogP contribution in [0.4, 0.5) is 11.8 Å². The summed E-state index contributed by atoms with van der Waals surface area (Å²) in [6.07, 6.45) is 3.77. The van der Waals surface area contributed by atoms with Crippen LogP contribution in [-0.4, -0.2) is 47.2 Å². The summed E-state index contributed by atoms with van der Waals surface area (Å²) in [5.41, 5.74) is 0.788. The summed E-state index contributed by atoms with van der Waals surface area (Å²) < 4.78 is 6.90. The molecule has 0 aliphatic heterocycles. The molecule has 1 aromatic carbocycles. The molecular formula is C20H22Cl2N6O2. The number of hydrogen-bond donors (Lipinski definition) is 3. The summed E-state index contributed by atoms with van der Waals surface area (Å²) in [6, 6.07) is 10.7. The Hall–Kier alpha value is -2.81. The molecule has 2 heterocycles. The van der Waals surface area contributed by atoms with Gasteiger partial charge in [0.1, 0.15) is 11.6 Å². The third kappa shape index (κ3) is 6.35. The van der Waals surface area contributed by atoms with Crippen molar-refractivity contribution >= 4 is 40.9 Å². The van der Waals surface area contributed by atoms with Crippen LogP contribution in [0.5, 0.6) is 0 Å². The number of methoxy groups -OCH3 is 1. The molecule has 0 atom stereocenters.